The lowest BCUT2D eigenvalue weighted by molar-refractivity contribution is 0.303. The van der Waals surface area contributed by atoms with Crippen LogP contribution in [-0.2, 0) is 0 Å². The lowest BCUT2D eigenvalue weighted by Crippen LogP contribution is -1.71. The summed E-state index contributed by atoms with van der Waals surface area (Å²) >= 11 is 0. The van der Waals surface area contributed by atoms with Gasteiger partial charge < -0.3 is 5.11 Å². The minimum atomic E-state index is 0.226. The van der Waals surface area contributed by atoms with Crippen LogP contribution in [0.3, 0.4) is 0 Å². The third-order valence-corrected chi connectivity index (χ3v) is 0.500. The SMILES string of the molecule is C=CC.C=CC=C.C=CCCO. The van der Waals surface area contributed by atoms with Crippen molar-refractivity contribution in [2.24, 2.45) is 0 Å². The van der Waals surface area contributed by atoms with Gasteiger partial charge in [0.2, 0.25) is 0 Å². The zero-order valence-corrected chi connectivity index (χ0v) is 8.00. The van der Waals surface area contributed by atoms with Crippen LogP contribution in [0.15, 0.2) is 50.6 Å². The second-order valence-corrected chi connectivity index (χ2v) is 1.68. The predicted molar refractivity (Wildman–Crippen MR) is 58.2 cm³/mol. The maximum Gasteiger partial charge on any atom is 0.0465 e. The van der Waals surface area contributed by atoms with Crippen molar-refractivity contribution >= 4 is 0 Å². The van der Waals surface area contributed by atoms with E-state index in [-0.39, 0.29) is 6.61 Å². The van der Waals surface area contributed by atoms with Crippen LogP contribution in [0.1, 0.15) is 13.3 Å². The van der Waals surface area contributed by atoms with E-state index in [9.17, 15) is 0 Å². The van der Waals surface area contributed by atoms with Crippen LogP contribution in [0.4, 0.5) is 0 Å². The minimum absolute atomic E-state index is 0.226. The molecule has 12 heavy (non-hydrogen) atoms. The van der Waals surface area contributed by atoms with Crippen molar-refractivity contribution in [1.29, 1.82) is 0 Å². The van der Waals surface area contributed by atoms with Crippen LogP contribution in [0.5, 0.6) is 0 Å². The molecule has 1 N–H and O–H groups in total. The maximum atomic E-state index is 8.00. The molecule has 0 bridgehead atoms. The first-order valence-corrected chi connectivity index (χ1v) is 3.77. The van der Waals surface area contributed by atoms with Gasteiger partial charge in [-0.05, 0) is 13.3 Å². The van der Waals surface area contributed by atoms with E-state index in [0.717, 1.165) is 0 Å². The van der Waals surface area contributed by atoms with E-state index in [4.69, 9.17) is 5.11 Å². The maximum absolute atomic E-state index is 8.00. The summed E-state index contributed by atoms with van der Waals surface area (Å²) in [6, 6.07) is 0. The number of allylic oxidation sites excluding steroid dienone is 3. The predicted octanol–water partition coefficient (Wildman–Crippen LogP) is 3.11. The Morgan fingerprint density at radius 3 is 1.42 bits per heavy atom. The Hall–Kier alpha value is -1.08. The molecule has 0 aliphatic carbocycles. The van der Waals surface area contributed by atoms with E-state index in [2.05, 4.69) is 26.3 Å². The van der Waals surface area contributed by atoms with Gasteiger partial charge in [-0.15, -0.1) is 13.2 Å². The van der Waals surface area contributed by atoms with Crippen molar-refractivity contribution in [2.45, 2.75) is 13.3 Å². The Balaban J connectivity index is -0.000000105. The number of aliphatic hydroxyl groups is 1. The Labute approximate surface area is 76.4 Å². The average molecular weight is 168 g/mol. The van der Waals surface area contributed by atoms with Gasteiger partial charge in [-0.25, -0.2) is 0 Å². The van der Waals surface area contributed by atoms with E-state index in [1.54, 1.807) is 24.3 Å². The summed E-state index contributed by atoms with van der Waals surface area (Å²) in [6.07, 6.45) is 7.42. The van der Waals surface area contributed by atoms with Crippen LogP contribution in [0, 0.1) is 0 Å². The molecule has 0 rings (SSSR count). The molecular weight excluding hydrogens is 148 g/mol. The van der Waals surface area contributed by atoms with Crippen LogP contribution < -0.4 is 0 Å². The lowest BCUT2D eigenvalue weighted by atomic mass is 10.5. The number of hydrogen-bond donors (Lipinski definition) is 1. The van der Waals surface area contributed by atoms with Gasteiger partial charge in [0.05, 0.1) is 0 Å². The van der Waals surface area contributed by atoms with E-state index in [1.807, 2.05) is 6.92 Å². The highest BCUT2D eigenvalue weighted by Gasteiger charge is 1.62. The monoisotopic (exact) mass is 168 g/mol. The third-order valence-electron chi connectivity index (χ3n) is 0.500. The van der Waals surface area contributed by atoms with Gasteiger partial charge >= 0.3 is 0 Å². The molecule has 0 heterocycles. The van der Waals surface area contributed by atoms with Crippen molar-refractivity contribution in [2.75, 3.05) is 6.61 Å². The Bertz CT molecular complexity index is 97.6. The van der Waals surface area contributed by atoms with Gasteiger partial charge in [-0.3, -0.25) is 0 Å². The van der Waals surface area contributed by atoms with Crippen LogP contribution >= 0.6 is 0 Å². The standard InChI is InChI=1S/C4H8O.C4H6.C3H6/c1-2-3-4-5;1-3-4-2;1-3-2/h2,5H,1,3-4H2;3-4H,1-2H2;3H,1H2,2H3. The van der Waals surface area contributed by atoms with Crippen LogP contribution in [-0.4, -0.2) is 11.7 Å². The molecule has 0 saturated heterocycles. The van der Waals surface area contributed by atoms with E-state index in [1.165, 1.54) is 0 Å². The summed E-state index contributed by atoms with van der Waals surface area (Å²) in [5.41, 5.74) is 0. The second kappa shape index (κ2) is 32.6. The molecule has 0 fully saturated rings. The largest absolute Gasteiger partial charge is 0.396 e. The molecular formula is C11H20O. The van der Waals surface area contributed by atoms with Gasteiger partial charge in [-0.1, -0.05) is 37.5 Å². The third kappa shape index (κ3) is 152. The molecule has 0 aromatic carbocycles. The normalized spacial score (nSPS) is 5.83. The van der Waals surface area contributed by atoms with E-state index < -0.39 is 0 Å². The van der Waals surface area contributed by atoms with Crippen molar-refractivity contribution in [3.63, 3.8) is 0 Å². The zero-order chi connectivity index (χ0) is 10.2. The Morgan fingerprint density at radius 1 is 1.08 bits per heavy atom. The summed E-state index contributed by atoms with van der Waals surface area (Å²) in [5.74, 6) is 0. The van der Waals surface area contributed by atoms with Gasteiger partial charge in [0.15, 0.2) is 0 Å². The fraction of sp³-hybridized carbons (Fsp3) is 0.273. The van der Waals surface area contributed by atoms with Crippen LogP contribution in [0.25, 0.3) is 0 Å². The molecule has 0 unspecified atom stereocenters. The fourth-order valence-electron chi connectivity index (χ4n) is 0.0913. The molecule has 0 aliphatic heterocycles. The molecule has 0 spiro atoms. The van der Waals surface area contributed by atoms with Crippen molar-refractivity contribution in [3.05, 3.63) is 50.6 Å². The van der Waals surface area contributed by atoms with Gasteiger partial charge in [-0.2, -0.15) is 0 Å². The first-order valence-electron chi connectivity index (χ1n) is 3.77. The van der Waals surface area contributed by atoms with Crippen molar-refractivity contribution < 1.29 is 5.11 Å². The Kier molecular flexibility index (Phi) is 46.6. The van der Waals surface area contributed by atoms with E-state index in [0.29, 0.717) is 6.42 Å². The topological polar surface area (TPSA) is 20.2 Å². The summed E-state index contributed by atoms with van der Waals surface area (Å²) in [6.45, 7) is 15.6. The highest BCUT2D eigenvalue weighted by Crippen LogP contribution is 1.69. The number of hydrogen-bond acceptors (Lipinski definition) is 1. The smallest absolute Gasteiger partial charge is 0.0465 e. The number of rotatable bonds is 3. The van der Waals surface area contributed by atoms with Gasteiger partial charge in [0.25, 0.3) is 0 Å². The summed E-state index contributed by atoms with van der Waals surface area (Å²) in [7, 11) is 0. The molecule has 0 atom stereocenters. The fourth-order valence-corrected chi connectivity index (χ4v) is 0.0913. The molecule has 0 saturated carbocycles. The second-order valence-electron chi connectivity index (χ2n) is 1.68. The van der Waals surface area contributed by atoms with Crippen molar-refractivity contribution in [1.82, 2.24) is 0 Å². The molecule has 0 aromatic heterocycles. The van der Waals surface area contributed by atoms with Crippen molar-refractivity contribution in [3.8, 4) is 0 Å². The first-order chi connectivity index (χ1) is 5.74. The van der Waals surface area contributed by atoms with Crippen LogP contribution in [0.2, 0.25) is 0 Å². The summed E-state index contributed by atoms with van der Waals surface area (Å²) in [5, 5.41) is 8.00. The lowest BCUT2D eigenvalue weighted by Gasteiger charge is -1.73. The molecule has 0 radical (unpaired) electrons. The first kappa shape index (κ1) is 17.1. The Morgan fingerprint density at radius 2 is 1.42 bits per heavy atom. The quantitative estimate of drug-likeness (QED) is 0.507. The molecule has 70 valence electrons. The highest BCUT2D eigenvalue weighted by atomic mass is 16.2. The zero-order valence-electron chi connectivity index (χ0n) is 8.00. The van der Waals surface area contributed by atoms with E-state index >= 15 is 0 Å². The molecule has 0 aliphatic rings. The summed E-state index contributed by atoms with van der Waals surface area (Å²) < 4.78 is 0. The number of aliphatic hydroxyl groups excluding tert-OH is 1. The molecule has 1 nitrogen and oxygen atoms in total. The minimum Gasteiger partial charge on any atom is -0.396 e. The highest BCUT2D eigenvalue weighted by molar-refractivity contribution is 4.88. The van der Waals surface area contributed by atoms with Gasteiger partial charge in [0.1, 0.15) is 0 Å². The summed E-state index contributed by atoms with van der Waals surface area (Å²) in [4.78, 5) is 0. The molecule has 0 aromatic rings. The molecule has 0 amide bonds. The average Bonchev–Trinajstić information content (AvgIpc) is 2.08. The molecule has 1 heteroatoms. The van der Waals surface area contributed by atoms with Gasteiger partial charge in [0, 0.05) is 6.61 Å².